The highest BCUT2D eigenvalue weighted by Crippen LogP contribution is 2.36. The Bertz CT molecular complexity index is 841. The minimum atomic E-state index is -0.0842. The first-order valence-corrected chi connectivity index (χ1v) is 9.68. The Morgan fingerprint density at radius 2 is 2.22 bits per heavy atom. The number of amides is 1. The third kappa shape index (κ3) is 2.68. The summed E-state index contributed by atoms with van der Waals surface area (Å²) in [4.78, 5) is 12.8. The lowest BCUT2D eigenvalue weighted by Crippen LogP contribution is -2.19. The summed E-state index contributed by atoms with van der Waals surface area (Å²) in [5.41, 5.74) is 1.92. The third-order valence-corrected chi connectivity index (χ3v) is 6.21. The normalized spacial score (nSPS) is 15.5. The molecule has 4 rings (SSSR count). The topological polar surface area (TPSA) is 59.8 Å². The van der Waals surface area contributed by atoms with Crippen molar-refractivity contribution >= 4 is 43.9 Å². The van der Waals surface area contributed by atoms with Crippen LogP contribution in [0.15, 0.2) is 17.5 Å². The number of hydrogen-bond acceptors (Lipinski definition) is 5. The summed E-state index contributed by atoms with van der Waals surface area (Å²) in [6.07, 6.45) is 5.62. The molecule has 0 aliphatic heterocycles. The van der Waals surface area contributed by atoms with Crippen LogP contribution >= 0.6 is 22.7 Å². The summed E-state index contributed by atoms with van der Waals surface area (Å²) in [6.45, 7) is 2.03. The molecule has 1 fully saturated rings. The Balaban J connectivity index is 1.68. The monoisotopic (exact) mass is 346 g/mol. The highest BCUT2D eigenvalue weighted by Gasteiger charge is 2.25. The summed E-state index contributed by atoms with van der Waals surface area (Å²) in [6, 6.07) is 4.56. The van der Waals surface area contributed by atoms with Crippen LogP contribution in [0.5, 0.6) is 0 Å². The van der Waals surface area contributed by atoms with E-state index in [4.69, 9.17) is 0 Å². The number of thiophene rings is 1. The molecule has 1 N–H and O–H groups in total. The van der Waals surface area contributed by atoms with Gasteiger partial charge in [0.2, 0.25) is 5.13 Å². The molecule has 1 aliphatic carbocycles. The summed E-state index contributed by atoms with van der Waals surface area (Å²) in [5, 5.41) is 14.6. The van der Waals surface area contributed by atoms with Gasteiger partial charge in [-0.3, -0.25) is 10.1 Å². The quantitative estimate of drug-likeness (QED) is 0.757. The highest BCUT2D eigenvalue weighted by atomic mass is 32.1. The summed E-state index contributed by atoms with van der Waals surface area (Å²) < 4.78 is 3.41. The van der Waals surface area contributed by atoms with Crippen LogP contribution in [0.25, 0.3) is 10.2 Å². The molecular weight excluding hydrogens is 328 g/mol. The van der Waals surface area contributed by atoms with Gasteiger partial charge in [0.05, 0.1) is 10.2 Å². The van der Waals surface area contributed by atoms with E-state index in [0.717, 1.165) is 30.0 Å². The molecule has 1 aliphatic rings. The van der Waals surface area contributed by atoms with Crippen molar-refractivity contribution in [1.29, 1.82) is 0 Å². The van der Waals surface area contributed by atoms with E-state index in [1.165, 1.54) is 34.4 Å². The van der Waals surface area contributed by atoms with Crippen LogP contribution in [0, 0.1) is 0 Å². The Morgan fingerprint density at radius 1 is 1.39 bits per heavy atom. The molecule has 0 saturated heterocycles. The van der Waals surface area contributed by atoms with Crippen molar-refractivity contribution in [3.63, 3.8) is 0 Å². The molecule has 0 atom stereocenters. The number of rotatable bonds is 4. The second-order valence-electron chi connectivity index (χ2n) is 5.82. The van der Waals surface area contributed by atoms with Crippen molar-refractivity contribution in [2.75, 3.05) is 5.32 Å². The second-order valence-corrected chi connectivity index (χ2v) is 7.83. The first-order valence-electron chi connectivity index (χ1n) is 7.98. The lowest BCUT2D eigenvalue weighted by atomic mass is 10.2. The van der Waals surface area contributed by atoms with E-state index in [1.54, 1.807) is 11.3 Å². The van der Waals surface area contributed by atoms with E-state index >= 15 is 0 Å². The minimum absolute atomic E-state index is 0.0842. The van der Waals surface area contributed by atoms with Gasteiger partial charge in [-0.05, 0) is 36.8 Å². The van der Waals surface area contributed by atoms with Crippen molar-refractivity contribution < 1.29 is 4.79 Å². The average molecular weight is 346 g/mol. The van der Waals surface area contributed by atoms with Gasteiger partial charge >= 0.3 is 0 Å². The van der Waals surface area contributed by atoms with E-state index in [1.807, 2.05) is 13.0 Å². The van der Waals surface area contributed by atoms with Gasteiger partial charge in [0.25, 0.3) is 5.91 Å². The molecule has 3 heterocycles. The van der Waals surface area contributed by atoms with Gasteiger partial charge in [-0.25, -0.2) is 0 Å². The Hall–Kier alpha value is -1.73. The number of nitrogens with one attached hydrogen (secondary N) is 1. The molecule has 0 radical (unpaired) electrons. The van der Waals surface area contributed by atoms with Gasteiger partial charge in [0.1, 0.15) is 10.7 Å². The number of anilines is 1. The van der Waals surface area contributed by atoms with Crippen LogP contribution in [0.2, 0.25) is 0 Å². The number of carbonyl (C=O) groups excluding carboxylic acids is 1. The van der Waals surface area contributed by atoms with Crippen molar-refractivity contribution in [2.45, 2.75) is 45.1 Å². The van der Waals surface area contributed by atoms with Gasteiger partial charge in [-0.1, -0.05) is 31.1 Å². The molecule has 0 unspecified atom stereocenters. The molecule has 7 heteroatoms. The molecular formula is C16H18N4OS2. The molecule has 120 valence electrons. The standard InChI is InChI=1S/C16H18N4OS2/c1-2-14-18-19-16(23-14)17-15(21)12-9-13-11(7-8-22-13)20(12)10-5-3-4-6-10/h7-10H,2-6H2,1H3,(H,17,19,21). The summed E-state index contributed by atoms with van der Waals surface area (Å²) >= 11 is 3.13. The van der Waals surface area contributed by atoms with Crippen LogP contribution in [-0.2, 0) is 6.42 Å². The maximum Gasteiger partial charge on any atom is 0.274 e. The summed E-state index contributed by atoms with van der Waals surface area (Å²) in [7, 11) is 0. The molecule has 0 bridgehead atoms. The average Bonchev–Trinajstić information content (AvgIpc) is 3.30. The number of hydrogen-bond donors (Lipinski definition) is 1. The molecule has 0 aromatic carbocycles. The van der Waals surface area contributed by atoms with Gasteiger partial charge < -0.3 is 4.57 Å². The fourth-order valence-electron chi connectivity index (χ4n) is 3.28. The molecule has 23 heavy (non-hydrogen) atoms. The molecule has 3 aromatic heterocycles. The van der Waals surface area contributed by atoms with E-state index in [0.29, 0.717) is 11.2 Å². The summed E-state index contributed by atoms with van der Waals surface area (Å²) in [5.74, 6) is -0.0842. The fourth-order valence-corrected chi connectivity index (χ4v) is 4.77. The first kappa shape index (κ1) is 14.8. The van der Waals surface area contributed by atoms with Gasteiger partial charge in [0, 0.05) is 6.04 Å². The zero-order valence-corrected chi connectivity index (χ0v) is 14.5. The highest BCUT2D eigenvalue weighted by molar-refractivity contribution is 7.17. The van der Waals surface area contributed by atoms with Crippen LogP contribution in [-0.4, -0.2) is 20.7 Å². The first-order chi connectivity index (χ1) is 11.3. The zero-order chi connectivity index (χ0) is 15.8. The third-order valence-electron chi connectivity index (χ3n) is 4.37. The van der Waals surface area contributed by atoms with E-state index in [-0.39, 0.29) is 5.91 Å². The van der Waals surface area contributed by atoms with Gasteiger partial charge in [-0.2, -0.15) is 0 Å². The number of carbonyl (C=O) groups is 1. The maximum atomic E-state index is 12.8. The number of aromatic nitrogens is 3. The molecule has 0 spiro atoms. The lowest BCUT2D eigenvalue weighted by Gasteiger charge is -2.16. The molecule has 1 amide bonds. The van der Waals surface area contributed by atoms with Crippen molar-refractivity contribution in [2.24, 2.45) is 0 Å². The van der Waals surface area contributed by atoms with Gasteiger partial charge in [0.15, 0.2) is 0 Å². The van der Waals surface area contributed by atoms with E-state index in [9.17, 15) is 4.79 Å². The largest absolute Gasteiger partial charge is 0.333 e. The lowest BCUT2D eigenvalue weighted by molar-refractivity contribution is 0.101. The van der Waals surface area contributed by atoms with E-state index in [2.05, 4.69) is 31.5 Å². The maximum absolute atomic E-state index is 12.8. The van der Waals surface area contributed by atoms with Crippen molar-refractivity contribution in [3.05, 3.63) is 28.2 Å². The predicted molar refractivity (Wildman–Crippen MR) is 94.6 cm³/mol. The second kappa shape index (κ2) is 6.05. The Kier molecular flexibility index (Phi) is 3.90. The van der Waals surface area contributed by atoms with Gasteiger partial charge in [-0.15, -0.1) is 21.5 Å². The molecule has 5 nitrogen and oxygen atoms in total. The number of aryl methyl sites for hydroxylation is 1. The van der Waals surface area contributed by atoms with Crippen LogP contribution in [0.3, 0.4) is 0 Å². The van der Waals surface area contributed by atoms with E-state index < -0.39 is 0 Å². The SMILES string of the molecule is CCc1nnc(NC(=O)c2cc3sccc3n2C2CCCC2)s1. The van der Waals surface area contributed by atoms with Crippen molar-refractivity contribution in [1.82, 2.24) is 14.8 Å². The minimum Gasteiger partial charge on any atom is -0.333 e. The number of nitrogens with zero attached hydrogens (tertiary/aromatic N) is 3. The Labute approximate surface area is 142 Å². The number of fused-ring (bicyclic) bond motifs is 1. The van der Waals surface area contributed by atoms with Crippen LogP contribution in [0.1, 0.15) is 54.1 Å². The zero-order valence-electron chi connectivity index (χ0n) is 12.9. The molecule has 3 aromatic rings. The smallest absolute Gasteiger partial charge is 0.274 e. The van der Waals surface area contributed by atoms with Crippen LogP contribution in [0.4, 0.5) is 5.13 Å². The molecule has 1 saturated carbocycles. The fraction of sp³-hybridized carbons (Fsp3) is 0.438. The predicted octanol–water partition coefficient (Wildman–Crippen LogP) is 4.48. The van der Waals surface area contributed by atoms with Crippen molar-refractivity contribution in [3.8, 4) is 0 Å². The Morgan fingerprint density at radius 3 is 2.96 bits per heavy atom. The van der Waals surface area contributed by atoms with Crippen LogP contribution < -0.4 is 5.32 Å².